The van der Waals surface area contributed by atoms with Crippen molar-refractivity contribution >= 4 is 17.5 Å². The van der Waals surface area contributed by atoms with E-state index in [4.69, 9.17) is 0 Å². The van der Waals surface area contributed by atoms with Gasteiger partial charge in [-0.15, -0.1) is 0 Å². The molecule has 5 rings (SSSR count). The molecule has 5 aliphatic carbocycles. The minimum absolute atomic E-state index is 0.0738. The zero-order chi connectivity index (χ0) is 25.8. The Morgan fingerprint density at radius 3 is 2.26 bits per heavy atom. The van der Waals surface area contributed by atoms with Crippen LogP contribution in [0.5, 0.6) is 0 Å². The highest BCUT2D eigenvalue weighted by Gasteiger charge is 2.70. The number of Topliss-reactive ketones (excluding diaryl/α,β-unsaturated/α-hetero) is 1. The van der Waals surface area contributed by atoms with E-state index in [0.29, 0.717) is 18.6 Å². The molecule has 4 saturated carbocycles. The van der Waals surface area contributed by atoms with E-state index in [1.807, 2.05) is 18.5 Å². The summed E-state index contributed by atoms with van der Waals surface area (Å²) >= 11 is 0. The van der Waals surface area contributed by atoms with Gasteiger partial charge in [-0.2, -0.15) is 0 Å². The third kappa shape index (κ3) is 3.00. The summed E-state index contributed by atoms with van der Waals surface area (Å²) in [7, 11) is 0. The van der Waals surface area contributed by atoms with Crippen molar-refractivity contribution in [2.45, 2.75) is 106 Å². The summed E-state index contributed by atoms with van der Waals surface area (Å²) in [6.45, 7) is 15.6. The fraction of sp³-hybridized carbons (Fsp3) is 0.833. The van der Waals surface area contributed by atoms with Gasteiger partial charge in [0.2, 0.25) is 5.91 Å². The van der Waals surface area contributed by atoms with Crippen molar-refractivity contribution in [3.8, 4) is 0 Å². The first-order chi connectivity index (χ1) is 16.1. The number of ketones is 2. The van der Waals surface area contributed by atoms with Crippen molar-refractivity contribution in [3.05, 3.63) is 11.6 Å². The van der Waals surface area contributed by atoms with Gasteiger partial charge in [0.05, 0.1) is 0 Å². The quantitative estimate of drug-likeness (QED) is 0.352. The molecule has 0 aliphatic heterocycles. The molecule has 0 aromatic rings. The molecule has 0 spiro atoms. The summed E-state index contributed by atoms with van der Waals surface area (Å²) in [4.78, 5) is 39.8. The van der Waals surface area contributed by atoms with Crippen LogP contribution in [0.3, 0.4) is 0 Å². The number of amides is 1. The molecule has 2 N–H and O–H groups in total. The number of nitrogens with one attached hydrogen (secondary N) is 1. The number of rotatable bonds is 1. The van der Waals surface area contributed by atoms with Gasteiger partial charge in [-0.25, -0.2) is 5.48 Å². The summed E-state index contributed by atoms with van der Waals surface area (Å²) in [6, 6.07) is 0. The van der Waals surface area contributed by atoms with E-state index in [2.05, 4.69) is 41.5 Å². The van der Waals surface area contributed by atoms with Crippen molar-refractivity contribution in [2.24, 2.45) is 50.2 Å². The van der Waals surface area contributed by atoms with Gasteiger partial charge < -0.3 is 0 Å². The molecular formula is C30H45NO4. The molecule has 0 aromatic heterocycles. The number of carbonyl (C=O) groups is 3. The molecule has 5 nitrogen and oxygen atoms in total. The first kappa shape index (κ1) is 25.2. The molecule has 0 aromatic carbocycles. The lowest BCUT2D eigenvalue weighted by molar-refractivity contribution is -0.188. The van der Waals surface area contributed by atoms with E-state index >= 15 is 0 Å². The van der Waals surface area contributed by atoms with Gasteiger partial charge in [0.15, 0.2) is 5.78 Å². The van der Waals surface area contributed by atoms with Gasteiger partial charge in [-0.05, 0) is 90.9 Å². The zero-order valence-electron chi connectivity index (χ0n) is 22.8. The van der Waals surface area contributed by atoms with E-state index in [9.17, 15) is 19.6 Å². The van der Waals surface area contributed by atoms with Crippen LogP contribution in [0.1, 0.15) is 106 Å². The van der Waals surface area contributed by atoms with Crippen molar-refractivity contribution in [1.82, 2.24) is 5.48 Å². The second kappa shape index (κ2) is 7.30. The predicted molar refractivity (Wildman–Crippen MR) is 134 cm³/mol. The molecule has 0 radical (unpaired) electrons. The first-order valence-electron chi connectivity index (χ1n) is 13.8. The smallest absolute Gasteiger partial charge is 0.249 e. The van der Waals surface area contributed by atoms with Gasteiger partial charge in [0.25, 0.3) is 0 Å². The van der Waals surface area contributed by atoms with Gasteiger partial charge in [0, 0.05) is 23.2 Å². The number of fused-ring (bicyclic) bond motifs is 7. The van der Waals surface area contributed by atoms with Crippen LogP contribution in [-0.2, 0) is 14.4 Å². The fourth-order valence-corrected chi connectivity index (χ4v) is 10.3. The van der Waals surface area contributed by atoms with E-state index < -0.39 is 5.41 Å². The SMILES string of the molecule is CC1(C)C(=O)CC[C@@]2(C)C1CC[C@]1(C)[C@@H]2C(=O)C=C2[C@H]3C[C@@](C)(C(=O)NO)CC[C@]3(C)CC[C@]21C. The summed E-state index contributed by atoms with van der Waals surface area (Å²) in [6.07, 6.45) is 9.87. The molecule has 0 saturated heterocycles. The Morgan fingerprint density at radius 1 is 0.943 bits per heavy atom. The Bertz CT molecular complexity index is 1030. The molecule has 5 aliphatic rings. The first-order valence-corrected chi connectivity index (χ1v) is 13.8. The summed E-state index contributed by atoms with van der Waals surface area (Å²) in [5, 5.41) is 9.44. The van der Waals surface area contributed by atoms with Crippen LogP contribution in [0.25, 0.3) is 0 Å². The Balaban J connectivity index is 1.62. The van der Waals surface area contributed by atoms with Gasteiger partial charge in [-0.3, -0.25) is 19.6 Å². The third-order valence-electron chi connectivity index (χ3n) is 13.0. The molecule has 0 heterocycles. The Labute approximate surface area is 210 Å². The topological polar surface area (TPSA) is 83.5 Å². The molecule has 8 atom stereocenters. The Morgan fingerprint density at radius 2 is 1.60 bits per heavy atom. The van der Waals surface area contributed by atoms with E-state index in [0.717, 1.165) is 44.9 Å². The van der Waals surface area contributed by atoms with Crippen LogP contribution in [0, 0.1) is 50.2 Å². The van der Waals surface area contributed by atoms with Crippen molar-refractivity contribution in [3.63, 3.8) is 0 Å². The fourth-order valence-electron chi connectivity index (χ4n) is 10.3. The molecular weight excluding hydrogens is 438 g/mol. The number of allylic oxidation sites excluding steroid dienone is 2. The summed E-state index contributed by atoms with van der Waals surface area (Å²) < 4.78 is 0. The number of carbonyl (C=O) groups excluding carboxylic acids is 3. The molecule has 1 amide bonds. The van der Waals surface area contributed by atoms with Crippen LogP contribution in [0.2, 0.25) is 0 Å². The predicted octanol–water partition coefficient (Wildman–Crippen LogP) is 6.04. The molecule has 5 heteroatoms. The number of hydroxylamine groups is 1. The summed E-state index contributed by atoms with van der Waals surface area (Å²) in [5.74, 6) is 0.619. The highest BCUT2D eigenvalue weighted by Crippen LogP contribution is 2.74. The molecule has 35 heavy (non-hydrogen) atoms. The van der Waals surface area contributed by atoms with Crippen LogP contribution < -0.4 is 5.48 Å². The van der Waals surface area contributed by atoms with Gasteiger partial charge in [-0.1, -0.05) is 54.0 Å². The maximum absolute atomic E-state index is 14.2. The standard InChI is InChI=1S/C30H45NO4/c1-25(2)21-8-11-30(7)23(28(21,5)10-9-22(25)33)20(32)16-18-19-17-27(4,24(34)31-35)13-12-26(19,3)14-15-29(18,30)6/h16,19,21,23,35H,8-15,17H2,1-7H3,(H,31,34)/t19-,21?,23-,26-,27+,28+,29-,30-/m1/s1. The van der Waals surface area contributed by atoms with Crippen LogP contribution in [0.15, 0.2) is 11.6 Å². The van der Waals surface area contributed by atoms with Crippen molar-refractivity contribution < 1.29 is 19.6 Å². The van der Waals surface area contributed by atoms with Crippen molar-refractivity contribution in [2.75, 3.05) is 0 Å². The van der Waals surface area contributed by atoms with E-state index in [1.165, 1.54) is 5.57 Å². The average Bonchev–Trinajstić information content (AvgIpc) is 2.78. The van der Waals surface area contributed by atoms with Crippen LogP contribution >= 0.6 is 0 Å². The van der Waals surface area contributed by atoms with Crippen LogP contribution in [0.4, 0.5) is 0 Å². The number of hydrogen-bond acceptors (Lipinski definition) is 4. The maximum Gasteiger partial charge on any atom is 0.249 e. The lowest BCUT2D eigenvalue weighted by atomic mass is 9.33. The second-order valence-electron chi connectivity index (χ2n) is 14.8. The molecule has 4 fully saturated rings. The zero-order valence-corrected chi connectivity index (χ0v) is 22.8. The number of hydrogen-bond donors (Lipinski definition) is 2. The Kier molecular flexibility index (Phi) is 5.25. The minimum Gasteiger partial charge on any atom is -0.299 e. The highest BCUT2D eigenvalue weighted by molar-refractivity contribution is 5.96. The maximum atomic E-state index is 14.2. The van der Waals surface area contributed by atoms with Crippen molar-refractivity contribution in [1.29, 1.82) is 0 Å². The van der Waals surface area contributed by atoms with Gasteiger partial charge in [0.1, 0.15) is 5.78 Å². The lowest BCUT2D eigenvalue weighted by Crippen LogP contribution is -2.66. The minimum atomic E-state index is -0.629. The Hall–Kier alpha value is -1.49. The lowest BCUT2D eigenvalue weighted by Gasteiger charge is -2.69. The second-order valence-corrected chi connectivity index (χ2v) is 14.8. The van der Waals surface area contributed by atoms with E-state index in [1.54, 1.807) is 0 Å². The van der Waals surface area contributed by atoms with Gasteiger partial charge >= 0.3 is 0 Å². The third-order valence-corrected chi connectivity index (χ3v) is 13.0. The summed E-state index contributed by atoms with van der Waals surface area (Å²) in [5.41, 5.74) is 1.80. The van der Waals surface area contributed by atoms with Crippen LogP contribution in [-0.4, -0.2) is 22.7 Å². The highest BCUT2D eigenvalue weighted by atomic mass is 16.5. The largest absolute Gasteiger partial charge is 0.299 e. The normalized spacial score (nSPS) is 50.7. The molecule has 1 unspecified atom stereocenters. The van der Waals surface area contributed by atoms with E-state index in [-0.39, 0.29) is 56.5 Å². The average molecular weight is 484 g/mol. The molecule has 0 bridgehead atoms. The monoisotopic (exact) mass is 483 g/mol. The molecule has 194 valence electrons.